The third-order valence-electron chi connectivity index (χ3n) is 4.33. The topological polar surface area (TPSA) is 86.4 Å². The lowest BCUT2D eigenvalue weighted by atomic mass is 10.1. The number of carbonyl (C=O) groups is 2. The van der Waals surface area contributed by atoms with Gasteiger partial charge in [0.2, 0.25) is 11.8 Å². The fourth-order valence-corrected chi connectivity index (χ4v) is 4.83. The van der Waals surface area contributed by atoms with Crippen molar-refractivity contribution in [2.45, 2.75) is 32.0 Å². The number of amides is 2. The van der Waals surface area contributed by atoms with Crippen molar-refractivity contribution >= 4 is 64.2 Å². The highest BCUT2D eigenvalue weighted by Crippen LogP contribution is 2.25. The molecule has 2 heterocycles. The first-order chi connectivity index (χ1) is 13.7. The molecule has 29 heavy (non-hydrogen) atoms. The van der Waals surface area contributed by atoms with E-state index >= 15 is 0 Å². The summed E-state index contributed by atoms with van der Waals surface area (Å²) in [5.41, 5.74) is 1.16. The first-order valence-corrected chi connectivity index (χ1v) is 10.9. The number of aryl methyl sites for hydroxylation is 1. The summed E-state index contributed by atoms with van der Waals surface area (Å²) in [5.74, 6) is -1.10. The number of likely N-dealkylation sites (N-methyl/N-ethyl adjacent to an activating group) is 1. The molecule has 1 aromatic carbocycles. The fourth-order valence-electron chi connectivity index (χ4n) is 2.71. The second-order valence-electron chi connectivity index (χ2n) is 6.37. The summed E-state index contributed by atoms with van der Waals surface area (Å²) in [7, 11) is 1.75. The van der Waals surface area contributed by atoms with Crippen LogP contribution in [0.15, 0.2) is 18.2 Å². The Kier molecular flexibility index (Phi) is 7.36. The lowest BCUT2D eigenvalue weighted by Crippen LogP contribution is -2.53. The number of benzene rings is 1. The summed E-state index contributed by atoms with van der Waals surface area (Å²) in [5, 5.41) is 5.48. The zero-order valence-electron chi connectivity index (χ0n) is 15.5. The largest absolute Gasteiger partial charge is 0.350 e. The average Bonchev–Trinajstić information content (AvgIpc) is 3.00. The molecule has 0 radical (unpaired) electrons. The molecule has 0 spiro atoms. The molecule has 2 aromatic rings. The summed E-state index contributed by atoms with van der Waals surface area (Å²) >= 11 is 14.1. The molecule has 0 bridgehead atoms. The number of hydrogen-bond donors (Lipinski definition) is 3. The quantitative estimate of drug-likeness (QED) is 0.572. The van der Waals surface area contributed by atoms with E-state index in [0.717, 1.165) is 10.6 Å². The highest BCUT2D eigenvalue weighted by atomic mass is 35.5. The van der Waals surface area contributed by atoms with E-state index in [1.54, 1.807) is 11.4 Å². The van der Waals surface area contributed by atoms with Crippen LogP contribution in [0.1, 0.15) is 17.0 Å². The van der Waals surface area contributed by atoms with Crippen LogP contribution in [0.2, 0.25) is 9.49 Å². The van der Waals surface area contributed by atoms with Crippen molar-refractivity contribution in [3.05, 3.63) is 44.1 Å². The van der Waals surface area contributed by atoms with Crippen molar-refractivity contribution in [3.8, 4) is 0 Å². The van der Waals surface area contributed by atoms with E-state index in [1.165, 1.54) is 41.7 Å². The van der Waals surface area contributed by atoms with Crippen LogP contribution in [0.3, 0.4) is 0 Å². The van der Waals surface area contributed by atoms with Crippen molar-refractivity contribution < 1.29 is 14.0 Å². The molecule has 0 saturated carbocycles. The summed E-state index contributed by atoms with van der Waals surface area (Å²) in [6.07, 6.45) is 0.262. The van der Waals surface area contributed by atoms with Gasteiger partial charge in [-0.3, -0.25) is 9.59 Å². The lowest BCUT2D eigenvalue weighted by Gasteiger charge is -2.34. The van der Waals surface area contributed by atoms with Crippen LogP contribution in [-0.4, -0.2) is 40.2 Å². The number of halogens is 3. The molecule has 3 N–H and O–H groups in total. The second-order valence-corrected chi connectivity index (χ2v) is 9.44. The number of thiazole rings is 1. The van der Waals surface area contributed by atoms with Crippen LogP contribution in [0.4, 0.5) is 10.1 Å². The van der Waals surface area contributed by atoms with Crippen molar-refractivity contribution in [3.63, 3.8) is 0 Å². The third-order valence-corrected chi connectivity index (χ3v) is 6.82. The number of nitrogens with zero attached hydrogens (tertiary/aromatic N) is 2. The predicted molar refractivity (Wildman–Crippen MR) is 114 cm³/mol. The maximum Gasteiger partial charge on any atom is 0.242 e. The van der Waals surface area contributed by atoms with Gasteiger partial charge in [0, 0.05) is 22.7 Å². The molecule has 1 aromatic heterocycles. The second kappa shape index (κ2) is 9.59. The Balaban J connectivity index is 1.60. The smallest absolute Gasteiger partial charge is 0.242 e. The van der Waals surface area contributed by atoms with E-state index < -0.39 is 17.9 Å². The molecular weight excluding hydrogens is 460 g/mol. The number of anilines is 1. The Labute approximate surface area is 185 Å². The molecular formula is C17H18Cl2FN5O2S2. The summed E-state index contributed by atoms with van der Waals surface area (Å²) < 4.78 is 18.5. The first-order valence-electron chi connectivity index (χ1n) is 8.55. The highest BCUT2D eigenvalue weighted by Gasteiger charge is 2.35. The molecule has 2 amide bonds. The van der Waals surface area contributed by atoms with Gasteiger partial charge in [0.25, 0.3) is 0 Å². The Morgan fingerprint density at radius 3 is 2.79 bits per heavy atom. The normalized spacial score (nSPS) is 19.8. The zero-order valence-corrected chi connectivity index (χ0v) is 18.6. The number of carbonyl (C=O) groups excluding carboxylic acids is 2. The van der Waals surface area contributed by atoms with E-state index in [1.807, 2.05) is 6.92 Å². The molecule has 156 valence electrons. The Hall–Kier alpha value is -1.43. The van der Waals surface area contributed by atoms with E-state index in [4.69, 9.17) is 23.2 Å². The highest BCUT2D eigenvalue weighted by molar-refractivity contribution is 7.95. The van der Waals surface area contributed by atoms with Gasteiger partial charge in [-0.25, -0.2) is 18.4 Å². The predicted octanol–water partition coefficient (Wildman–Crippen LogP) is 3.38. The van der Waals surface area contributed by atoms with Crippen LogP contribution in [0, 0.1) is 12.7 Å². The summed E-state index contributed by atoms with van der Waals surface area (Å²) in [6.45, 7) is 2.15. The van der Waals surface area contributed by atoms with Crippen molar-refractivity contribution in [2.24, 2.45) is 0 Å². The Morgan fingerprint density at radius 1 is 1.38 bits per heavy atom. The standard InChI is InChI=1S/C17H18Cl2FN5O2S2/c1-8-14(28-17(19)22-8)7-21-15(26)12-6-13(25(2)29-24-12)16(27)23-9-3-4-11(20)10(18)5-9/h3-5,12-13,24H,6-7H2,1-2H3,(H,21,26)(H,23,27). The minimum atomic E-state index is -0.569. The van der Waals surface area contributed by atoms with Crippen LogP contribution in [0.5, 0.6) is 0 Å². The van der Waals surface area contributed by atoms with E-state index in [0.29, 0.717) is 16.7 Å². The number of nitrogens with one attached hydrogen (secondary N) is 3. The molecule has 0 aliphatic carbocycles. The van der Waals surface area contributed by atoms with E-state index in [-0.39, 0.29) is 23.3 Å². The number of rotatable bonds is 5. The molecule has 7 nitrogen and oxygen atoms in total. The van der Waals surface area contributed by atoms with Crippen LogP contribution < -0.4 is 15.4 Å². The fraction of sp³-hybridized carbons (Fsp3) is 0.353. The monoisotopic (exact) mass is 477 g/mol. The van der Waals surface area contributed by atoms with Gasteiger partial charge >= 0.3 is 0 Å². The molecule has 3 rings (SSSR count). The van der Waals surface area contributed by atoms with Crippen molar-refractivity contribution in [2.75, 3.05) is 12.4 Å². The molecule has 1 fully saturated rings. The molecule has 1 aliphatic rings. The van der Waals surface area contributed by atoms with Crippen LogP contribution in [0.25, 0.3) is 0 Å². The average molecular weight is 478 g/mol. The minimum absolute atomic E-state index is 0.0773. The van der Waals surface area contributed by atoms with Crippen molar-refractivity contribution in [1.82, 2.24) is 19.3 Å². The zero-order chi connectivity index (χ0) is 21.1. The van der Waals surface area contributed by atoms with Gasteiger partial charge in [0.1, 0.15) is 11.9 Å². The maximum absolute atomic E-state index is 13.3. The first kappa shape index (κ1) is 22.3. The molecule has 12 heteroatoms. The van der Waals surface area contributed by atoms with E-state index in [9.17, 15) is 14.0 Å². The van der Waals surface area contributed by atoms with Crippen LogP contribution >= 0.6 is 46.7 Å². The van der Waals surface area contributed by atoms with Gasteiger partial charge in [0.05, 0.1) is 23.3 Å². The van der Waals surface area contributed by atoms with Gasteiger partial charge in [-0.2, -0.15) is 0 Å². The SMILES string of the molecule is Cc1nc(Cl)sc1CNC(=O)C1CC(C(=O)Nc2ccc(F)c(Cl)c2)N(C)SN1. The lowest BCUT2D eigenvalue weighted by molar-refractivity contribution is -0.124. The third kappa shape index (κ3) is 5.59. The maximum atomic E-state index is 13.3. The number of hydrogen-bond acceptors (Lipinski definition) is 7. The van der Waals surface area contributed by atoms with Gasteiger partial charge in [-0.1, -0.05) is 23.2 Å². The van der Waals surface area contributed by atoms with E-state index in [2.05, 4.69) is 20.3 Å². The Morgan fingerprint density at radius 2 is 2.14 bits per heavy atom. The summed E-state index contributed by atoms with van der Waals surface area (Å²) in [4.78, 5) is 30.2. The molecule has 2 unspecified atom stereocenters. The van der Waals surface area contributed by atoms with Crippen LogP contribution in [-0.2, 0) is 16.1 Å². The number of aromatic nitrogens is 1. The van der Waals surface area contributed by atoms with Gasteiger partial charge in [-0.05, 0) is 38.6 Å². The Bertz CT molecular complexity index is 929. The molecule has 2 atom stereocenters. The van der Waals surface area contributed by atoms with Gasteiger partial charge in [0.15, 0.2) is 4.47 Å². The summed E-state index contributed by atoms with van der Waals surface area (Å²) in [6, 6.07) is 2.83. The molecule has 1 aliphatic heterocycles. The van der Waals surface area contributed by atoms with Gasteiger partial charge < -0.3 is 10.6 Å². The van der Waals surface area contributed by atoms with Crippen molar-refractivity contribution in [1.29, 1.82) is 0 Å². The van der Waals surface area contributed by atoms with Gasteiger partial charge in [-0.15, -0.1) is 11.3 Å². The minimum Gasteiger partial charge on any atom is -0.350 e. The molecule has 1 saturated heterocycles.